The summed E-state index contributed by atoms with van der Waals surface area (Å²) in [6, 6.07) is 12.9. The highest BCUT2D eigenvalue weighted by atomic mass is 35.5. The van der Waals surface area contributed by atoms with Crippen molar-refractivity contribution in [1.29, 1.82) is 0 Å². The number of carbonyl (C=O) groups is 2. The van der Waals surface area contributed by atoms with Gasteiger partial charge in [0.2, 0.25) is 0 Å². The number of ketones is 1. The Morgan fingerprint density at radius 2 is 1.83 bits per heavy atom. The van der Waals surface area contributed by atoms with E-state index in [2.05, 4.69) is 5.32 Å². The van der Waals surface area contributed by atoms with Crippen molar-refractivity contribution in [3.63, 3.8) is 0 Å². The van der Waals surface area contributed by atoms with E-state index >= 15 is 0 Å². The molecule has 1 amide bonds. The van der Waals surface area contributed by atoms with Gasteiger partial charge in [-0.25, -0.2) is 0 Å². The molecule has 0 aliphatic carbocycles. The summed E-state index contributed by atoms with van der Waals surface area (Å²) in [6.45, 7) is 1.17. The topological polar surface area (TPSA) is 102 Å². The summed E-state index contributed by atoms with van der Waals surface area (Å²) >= 11 is 5.90. The van der Waals surface area contributed by atoms with Crippen molar-refractivity contribution in [1.82, 2.24) is 10.2 Å². The molecule has 1 N–H and O–H groups in total. The molecule has 7 nitrogen and oxygen atoms in total. The third-order valence-electron chi connectivity index (χ3n) is 5.35. The first-order chi connectivity index (χ1) is 14.5. The first kappa shape index (κ1) is 20.3. The van der Waals surface area contributed by atoms with Crippen LogP contribution >= 0.6 is 11.6 Å². The van der Waals surface area contributed by atoms with E-state index in [1.165, 1.54) is 18.2 Å². The third-order valence-corrected chi connectivity index (χ3v) is 5.67. The Morgan fingerprint density at radius 1 is 1.10 bits per heavy atom. The van der Waals surface area contributed by atoms with Crippen molar-refractivity contribution in [3.8, 4) is 0 Å². The second-order valence-electron chi connectivity index (χ2n) is 7.35. The number of allylic oxidation sites excluding steroid dienone is 1. The summed E-state index contributed by atoms with van der Waals surface area (Å²) in [5.41, 5.74) is 1.66. The summed E-state index contributed by atoms with van der Waals surface area (Å²) in [6.07, 6.45) is 2.33. The lowest BCUT2D eigenvalue weighted by Gasteiger charge is -2.32. The van der Waals surface area contributed by atoms with Crippen LogP contribution in [0.3, 0.4) is 0 Å². The van der Waals surface area contributed by atoms with Crippen LogP contribution in [-0.2, 0) is 0 Å². The SMILES string of the molecule is O=C(/C(=C1/CCCCN1C(=O)c1ccccc1)C1CN1)c1ccc(Cl)c([N+](=O)[O-])c1. The molecule has 8 heteroatoms. The lowest BCUT2D eigenvalue weighted by molar-refractivity contribution is -0.384. The number of carbonyl (C=O) groups excluding carboxylic acids is 2. The van der Waals surface area contributed by atoms with Crippen LogP contribution in [0.1, 0.15) is 40.0 Å². The number of likely N-dealkylation sites (tertiary alicyclic amines) is 1. The molecule has 0 spiro atoms. The molecule has 154 valence electrons. The Morgan fingerprint density at radius 3 is 2.50 bits per heavy atom. The molecular weight excluding hydrogens is 406 g/mol. The summed E-state index contributed by atoms with van der Waals surface area (Å²) < 4.78 is 0. The smallest absolute Gasteiger partial charge is 0.288 e. The van der Waals surface area contributed by atoms with E-state index < -0.39 is 4.92 Å². The van der Waals surface area contributed by atoms with E-state index in [0.29, 0.717) is 36.3 Å². The van der Waals surface area contributed by atoms with Gasteiger partial charge >= 0.3 is 0 Å². The van der Waals surface area contributed by atoms with Crippen LogP contribution in [0.2, 0.25) is 5.02 Å². The minimum Gasteiger partial charge on any atom is -0.312 e. The highest BCUT2D eigenvalue weighted by Crippen LogP contribution is 2.33. The maximum absolute atomic E-state index is 13.4. The maximum Gasteiger partial charge on any atom is 0.288 e. The molecule has 2 aromatic carbocycles. The number of nitrogens with zero attached hydrogens (tertiary/aromatic N) is 2. The van der Waals surface area contributed by atoms with Crippen molar-refractivity contribution in [3.05, 3.63) is 86.1 Å². The molecule has 2 aliphatic rings. The Hall–Kier alpha value is -3.03. The van der Waals surface area contributed by atoms with Crippen LogP contribution in [0.15, 0.2) is 59.8 Å². The molecule has 30 heavy (non-hydrogen) atoms. The highest BCUT2D eigenvalue weighted by Gasteiger charge is 2.37. The predicted molar refractivity (Wildman–Crippen MR) is 113 cm³/mol. The average Bonchev–Trinajstić information content (AvgIpc) is 3.59. The molecule has 2 saturated heterocycles. The van der Waals surface area contributed by atoms with Crippen LogP contribution in [0.5, 0.6) is 0 Å². The fourth-order valence-electron chi connectivity index (χ4n) is 3.78. The Bertz CT molecular complexity index is 1050. The summed E-state index contributed by atoms with van der Waals surface area (Å²) in [7, 11) is 0. The summed E-state index contributed by atoms with van der Waals surface area (Å²) in [5.74, 6) is -0.453. The van der Waals surface area contributed by atoms with Gasteiger partial charge in [0, 0.05) is 41.6 Å². The number of nitrogens with one attached hydrogen (secondary N) is 1. The highest BCUT2D eigenvalue weighted by molar-refractivity contribution is 6.32. The first-order valence-corrected chi connectivity index (χ1v) is 10.2. The van der Waals surface area contributed by atoms with E-state index in [0.717, 1.165) is 12.8 Å². The van der Waals surface area contributed by atoms with Crippen LogP contribution in [-0.4, -0.2) is 40.6 Å². The first-order valence-electron chi connectivity index (χ1n) is 9.79. The molecule has 1 unspecified atom stereocenters. The predicted octanol–water partition coefficient (Wildman–Crippen LogP) is 3.98. The molecule has 2 aliphatic heterocycles. The van der Waals surface area contributed by atoms with Crippen LogP contribution in [0.4, 0.5) is 5.69 Å². The number of nitro groups is 1. The van der Waals surface area contributed by atoms with Gasteiger partial charge in [0.1, 0.15) is 5.02 Å². The lowest BCUT2D eigenvalue weighted by Crippen LogP contribution is -2.36. The molecule has 0 saturated carbocycles. The van der Waals surface area contributed by atoms with Gasteiger partial charge in [0.15, 0.2) is 5.78 Å². The second-order valence-corrected chi connectivity index (χ2v) is 7.76. The van der Waals surface area contributed by atoms with Crippen molar-refractivity contribution in [2.24, 2.45) is 0 Å². The van der Waals surface area contributed by atoms with Crippen LogP contribution in [0.25, 0.3) is 0 Å². The molecule has 0 radical (unpaired) electrons. The van der Waals surface area contributed by atoms with Gasteiger partial charge in [-0.1, -0.05) is 29.8 Å². The Kier molecular flexibility index (Phi) is 5.65. The van der Waals surface area contributed by atoms with Gasteiger partial charge in [-0.2, -0.15) is 0 Å². The zero-order valence-electron chi connectivity index (χ0n) is 16.1. The fourth-order valence-corrected chi connectivity index (χ4v) is 3.96. The van der Waals surface area contributed by atoms with Gasteiger partial charge in [0.05, 0.1) is 11.0 Å². The van der Waals surface area contributed by atoms with Gasteiger partial charge < -0.3 is 10.2 Å². The summed E-state index contributed by atoms with van der Waals surface area (Å²) in [4.78, 5) is 38.9. The molecular formula is C22H20ClN3O4. The van der Waals surface area contributed by atoms with Crippen molar-refractivity contribution < 1.29 is 14.5 Å². The molecule has 4 rings (SSSR count). The largest absolute Gasteiger partial charge is 0.312 e. The van der Waals surface area contributed by atoms with Gasteiger partial charge in [-0.3, -0.25) is 19.7 Å². The number of amides is 1. The molecule has 2 aromatic rings. The molecule has 1 atom stereocenters. The molecule has 0 bridgehead atoms. The van der Waals surface area contributed by atoms with Crippen LogP contribution in [0, 0.1) is 10.1 Å². The fraction of sp³-hybridized carbons (Fsp3) is 0.273. The summed E-state index contributed by atoms with van der Waals surface area (Å²) in [5, 5.41) is 14.4. The van der Waals surface area contributed by atoms with Gasteiger partial charge in [-0.15, -0.1) is 0 Å². The van der Waals surface area contributed by atoms with Gasteiger partial charge in [-0.05, 0) is 43.5 Å². The number of piperidine rings is 1. The molecule has 0 aromatic heterocycles. The van der Waals surface area contributed by atoms with E-state index in [9.17, 15) is 19.7 Å². The minimum absolute atomic E-state index is 0.0196. The number of benzene rings is 2. The van der Waals surface area contributed by atoms with E-state index in [1.807, 2.05) is 18.2 Å². The molecule has 2 fully saturated rings. The van der Waals surface area contributed by atoms with Crippen LogP contribution < -0.4 is 5.32 Å². The number of nitro benzene ring substituents is 1. The lowest BCUT2D eigenvalue weighted by atomic mass is 9.93. The number of Topliss-reactive ketones (excluding diaryl/α,β-unsaturated/α-hetero) is 1. The Balaban J connectivity index is 1.76. The normalized spacial score (nSPS) is 19.9. The monoisotopic (exact) mass is 425 g/mol. The van der Waals surface area contributed by atoms with Gasteiger partial charge in [0.25, 0.3) is 11.6 Å². The minimum atomic E-state index is -0.604. The quantitative estimate of drug-likeness (QED) is 0.256. The Labute approximate surface area is 178 Å². The third kappa shape index (κ3) is 3.99. The number of hydrogen-bond acceptors (Lipinski definition) is 5. The zero-order valence-corrected chi connectivity index (χ0v) is 16.9. The van der Waals surface area contributed by atoms with E-state index in [1.54, 1.807) is 17.0 Å². The number of hydrogen-bond donors (Lipinski definition) is 1. The van der Waals surface area contributed by atoms with Crippen molar-refractivity contribution >= 4 is 29.0 Å². The number of rotatable bonds is 5. The van der Waals surface area contributed by atoms with E-state index in [4.69, 9.17) is 11.6 Å². The van der Waals surface area contributed by atoms with Crippen molar-refractivity contribution in [2.75, 3.05) is 13.1 Å². The standard InChI is InChI=1S/C22H20ClN3O4/c23-16-10-9-15(12-19(16)26(29)30)21(27)20(17-13-24-17)18-8-4-5-11-25(18)22(28)14-6-2-1-3-7-14/h1-3,6-7,9-10,12,17,24H,4-5,8,11,13H2/b20-18-. The average molecular weight is 426 g/mol. The molecule has 2 heterocycles. The second kappa shape index (κ2) is 8.38. The van der Waals surface area contributed by atoms with E-state index in [-0.39, 0.29) is 34.0 Å². The number of halogens is 1. The zero-order chi connectivity index (χ0) is 21.3. The maximum atomic E-state index is 13.4. The van der Waals surface area contributed by atoms with Crippen molar-refractivity contribution in [2.45, 2.75) is 25.3 Å².